The van der Waals surface area contributed by atoms with Crippen LogP contribution >= 0.6 is 0 Å². The maximum absolute atomic E-state index is 4.07. The van der Waals surface area contributed by atoms with Gasteiger partial charge in [-0.15, -0.1) is 6.58 Å². The van der Waals surface area contributed by atoms with Crippen LogP contribution in [0.2, 0.25) is 0 Å². The Labute approximate surface area is 137 Å². The average Bonchev–Trinajstić information content (AvgIpc) is 2.90. The normalized spacial score (nSPS) is 54.2. The molecule has 0 spiro atoms. The molecule has 1 nitrogen and oxygen atoms in total. The summed E-state index contributed by atoms with van der Waals surface area (Å²) in [6, 6.07) is 0.776. The van der Waals surface area contributed by atoms with Crippen LogP contribution in [0.3, 0.4) is 0 Å². The number of hydrogen-bond donors (Lipinski definition) is 1. The van der Waals surface area contributed by atoms with Gasteiger partial charge in [0.2, 0.25) is 0 Å². The number of piperidine rings is 1. The van der Waals surface area contributed by atoms with E-state index < -0.39 is 0 Å². The first-order chi connectivity index (χ1) is 10.6. The second-order valence-corrected chi connectivity index (χ2v) is 9.42. The number of hydrogen-bond acceptors (Lipinski definition) is 1. The summed E-state index contributed by atoms with van der Waals surface area (Å²) in [6.45, 7) is 10.6. The van der Waals surface area contributed by atoms with Crippen LogP contribution in [0.25, 0.3) is 0 Å². The van der Waals surface area contributed by atoms with Gasteiger partial charge in [-0.25, -0.2) is 0 Å². The Balaban J connectivity index is 1.66. The van der Waals surface area contributed by atoms with Gasteiger partial charge < -0.3 is 5.32 Å². The molecule has 3 aliphatic carbocycles. The molecule has 4 rings (SSSR count). The van der Waals surface area contributed by atoms with Crippen molar-refractivity contribution in [3.63, 3.8) is 0 Å². The van der Waals surface area contributed by atoms with Gasteiger partial charge in [0.1, 0.15) is 0 Å². The van der Waals surface area contributed by atoms with Gasteiger partial charge in [-0.2, -0.15) is 0 Å². The Hall–Kier alpha value is -0.300. The molecule has 1 heteroatoms. The summed E-state index contributed by atoms with van der Waals surface area (Å²) in [4.78, 5) is 0. The molecule has 1 N–H and O–H groups in total. The molecule has 22 heavy (non-hydrogen) atoms. The van der Waals surface area contributed by atoms with Gasteiger partial charge in [0, 0.05) is 6.04 Å². The summed E-state index contributed by atoms with van der Waals surface area (Å²) in [5.41, 5.74) is 1.22. The number of fused-ring (bicyclic) bond motifs is 5. The zero-order chi connectivity index (χ0) is 15.4. The third-order valence-corrected chi connectivity index (χ3v) is 8.77. The van der Waals surface area contributed by atoms with Crippen molar-refractivity contribution in [2.75, 3.05) is 6.54 Å². The molecule has 4 fully saturated rings. The molecule has 0 radical (unpaired) electrons. The van der Waals surface area contributed by atoms with E-state index in [0.717, 1.165) is 29.7 Å². The largest absolute Gasteiger partial charge is 0.313 e. The highest BCUT2D eigenvalue weighted by atomic mass is 15.0. The Morgan fingerprint density at radius 1 is 1.05 bits per heavy atom. The number of allylic oxidation sites excluding steroid dienone is 1. The van der Waals surface area contributed by atoms with Crippen molar-refractivity contribution in [3.05, 3.63) is 12.7 Å². The van der Waals surface area contributed by atoms with E-state index in [1.165, 1.54) is 64.3 Å². The van der Waals surface area contributed by atoms with Crippen molar-refractivity contribution in [1.82, 2.24) is 5.32 Å². The van der Waals surface area contributed by atoms with Gasteiger partial charge in [0.25, 0.3) is 0 Å². The predicted octanol–water partition coefficient (Wildman–Crippen LogP) is 5.17. The standard InChI is InChI=1S/C21H35N/c1-4-6-15-11-14-22-19-9-8-16-17-7-5-12-20(17,2)13-10-18(16)21(15,19)3/h4,15-19,22H,1,5-14H2,2-3H3/t15?,16-,17-,18-,19?,20-,21+/m0/s1. The fourth-order valence-corrected chi connectivity index (χ4v) is 7.61. The van der Waals surface area contributed by atoms with Gasteiger partial charge in [-0.1, -0.05) is 26.3 Å². The Bertz CT molecular complexity index is 443. The topological polar surface area (TPSA) is 12.0 Å². The highest BCUT2D eigenvalue weighted by Gasteiger charge is 2.59. The van der Waals surface area contributed by atoms with Crippen molar-refractivity contribution < 1.29 is 0 Å². The molecular formula is C21H35N. The van der Waals surface area contributed by atoms with Gasteiger partial charge in [-0.3, -0.25) is 0 Å². The molecule has 2 unspecified atom stereocenters. The summed E-state index contributed by atoms with van der Waals surface area (Å²) in [6.07, 6.45) is 15.3. The van der Waals surface area contributed by atoms with Crippen molar-refractivity contribution in [1.29, 1.82) is 0 Å². The third kappa shape index (κ3) is 2.00. The molecule has 0 aromatic rings. The van der Waals surface area contributed by atoms with E-state index in [2.05, 4.69) is 31.8 Å². The minimum absolute atomic E-state index is 0.527. The maximum Gasteiger partial charge on any atom is 0.0126 e. The fraction of sp³-hybridized carbons (Fsp3) is 0.905. The summed E-state index contributed by atoms with van der Waals surface area (Å²) in [5.74, 6) is 3.90. The zero-order valence-electron chi connectivity index (χ0n) is 14.7. The number of rotatable bonds is 2. The maximum atomic E-state index is 4.07. The first kappa shape index (κ1) is 15.2. The van der Waals surface area contributed by atoms with E-state index in [9.17, 15) is 0 Å². The van der Waals surface area contributed by atoms with E-state index in [1.54, 1.807) is 0 Å². The van der Waals surface area contributed by atoms with Crippen LogP contribution in [0.1, 0.15) is 71.6 Å². The van der Waals surface area contributed by atoms with Crippen molar-refractivity contribution in [3.8, 4) is 0 Å². The molecule has 4 aliphatic rings. The molecular weight excluding hydrogens is 266 g/mol. The minimum Gasteiger partial charge on any atom is -0.313 e. The fourth-order valence-electron chi connectivity index (χ4n) is 7.61. The molecule has 0 aromatic heterocycles. The highest BCUT2D eigenvalue weighted by molar-refractivity contribution is 5.11. The summed E-state index contributed by atoms with van der Waals surface area (Å²) < 4.78 is 0. The van der Waals surface area contributed by atoms with E-state index >= 15 is 0 Å². The first-order valence-electron chi connectivity index (χ1n) is 9.94. The summed E-state index contributed by atoms with van der Waals surface area (Å²) in [7, 11) is 0. The van der Waals surface area contributed by atoms with E-state index in [1.807, 2.05) is 0 Å². The first-order valence-corrected chi connectivity index (χ1v) is 9.94. The predicted molar refractivity (Wildman–Crippen MR) is 93.7 cm³/mol. The van der Waals surface area contributed by atoms with Crippen LogP contribution in [0.4, 0.5) is 0 Å². The van der Waals surface area contributed by atoms with Crippen LogP contribution in [-0.2, 0) is 0 Å². The molecule has 0 amide bonds. The van der Waals surface area contributed by atoms with Gasteiger partial charge >= 0.3 is 0 Å². The second kappa shape index (κ2) is 5.36. The molecule has 3 saturated carbocycles. The van der Waals surface area contributed by atoms with Crippen molar-refractivity contribution >= 4 is 0 Å². The van der Waals surface area contributed by atoms with Crippen molar-refractivity contribution in [2.45, 2.75) is 77.7 Å². The lowest BCUT2D eigenvalue weighted by Gasteiger charge is -2.62. The highest BCUT2D eigenvalue weighted by Crippen LogP contribution is 2.65. The lowest BCUT2D eigenvalue weighted by Crippen LogP contribution is -2.62. The minimum atomic E-state index is 0.527. The SMILES string of the molecule is C=CCC1CCNC2CC[C@H]3[C@@H]4CCC[C@@]4(C)CC[C@@H]3[C@@]12C. The smallest absolute Gasteiger partial charge is 0.0126 e. The van der Waals surface area contributed by atoms with Crippen LogP contribution in [-0.4, -0.2) is 12.6 Å². The second-order valence-electron chi connectivity index (χ2n) is 9.42. The van der Waals surface area contributed by atoms with E-state index in [-0.39, 0.29) is 0 Å². The molecule has 1 saturated heterocycles. The van der Waals surface area contributed by atoms with E-state index in [4.69, 9.17) is 0 Å². The lowest BCUT2D eigenvalue weighted by atomic mass is 9.45. The van der Waals surface area contributed by atoms with Crippen LogP contribution in [0.15, 0.2) is 12.7 Å². The monoisotopic (exact) mass is 301 g/mol. The molecule has 0 bridgehead atoms. The van der Waals surface area contributed by atoms with Crippen LogP contribution in [0, 0.1) is 34.5 Å². The van der Waals surface area contributed by atoms with Crippen LogP contribution in [0.5, 0.6) is 0 Å². The number of nitrogens with one attached hydrogen (secondary N) is 1. The summed E-state index contributed by atoms with van der Waals surface area (Å²) >= 11 is 0. The Morgan fingerprint density at radius 2 is 1.91 bits per heavy atom. The molecule has 0 aromatic carbocycles. The lowest BCUT2D eigenvalue weighted by molar-refractivity contribution is -0.112. The summed E-state index contributed by atoms with van der Waals surface area (Å²) in [5, 5.41) is 3.92. The molecule has 1 aliphatic heterocycles. The van der Waals surface area contributed by atoms with Crippen molar-refractivity contribution in [2.24, 2.45) is 34.5 Å². The quantitative estimate of drug-likeness (QED) is 0.694. The third-order valence-electron chi connectivity index (χ3n) is 8.77. The molecule has 1 heterocycles. The molecule has 7 atom stereocenters. The van der Waals surface area contributed by atoms with Crippen LogP contribution < -0.4 is 5.32 Å². The average molecular weight is 302 g/mol. The Kier molecular flexibility index (Phi) is 3.72. The zero-order valence-corrected chi connectivity index (χ0v) is 14.7. The van der Waals surface area contributed by atoms with Gasteiger partial charge in [-0.05, 0) is 92.4 Å². The van der Waals surface area contributed by atoms with E-state index in [0.29, 0.717) is 10.8 Å². The van der Waals surface area contributed by atoms with Gasteiger partial charge in [0.15, 0.2) is 0 Å². The van der Waals surface area contributed by atoms with Gasteiger partial charge in [0.05, 0.1) is 0 Å². The molecule has 124 valence electrons. The Morgan fingerprint density at radius 3 is 2.73 bits per heavy atom.